The largest absolute Gasteiger partial charge is 1.00 e. The van der Waals surface area contributed by atoms with E-state index in [9.17, 15) is 21.0 Å². The molecule has 3 aromatic carbocycles. The average Bonchev–Trinajstić information content (AvgIpc) is 2.67. The maximum Gasteiger partial charge on any atom is -1.00 e. The average molecular weight is 468 g/mol. The fourth-order valence-corrected chi connectivity index (χ4v) is 4.40. The summed E-state index contributed by atoms with van der Waals surface area (Å²) >= 11 is 0. The third-order valence-corrected chi connectivity index (χ3v) is 5.59. The third kappa shape index (κ3) is 10.0. The molecule has 0 aromatic heterocycles. The van der Waals surface area contributed by atoms with Gasteiger partial charge in [0.05, 0.1) is 10.9 Å². The first kappa shape index (κ1) is 25.8. The van der Waals surface area contributed by atoms with Crippen LogP contribution in [-0.2, 0) is 15.6 Å². The Labute approximate surface area is 173 Å². The van der Waals surface area contributed by atoms with E-state index in [1.165, 1.54) is 14.7 Å². The molecule has 0 fully saturated rings. The zero-order chi connectivity index (χ0) is 21.4. The van der Waals surface area contributed by atoms with Crippen LogP contribution in [0, 0.1) is 0 Å². The monoisotopic (exact) mass is 468 g/mol. The van der Waals surface area contributed by atoms with Crippen LogP contribution in [0.1, 0.15) is 0 Å². The molecular formula is C20H19F6O2PS. The van der Waals surface area contributed by atoms with E-state index in [1.807, 2.05) is 12.1 Å². The molecule has 0 radical (unpaired) electrons. The van der Waals surface area contributed by atoms with Crippen LogP contribution in [0.25, 0.3) is 0 Å². The molecule has 0 N–H and O–H groups in total. The van der Waals surface area contributed by atoms with E-state index in [4.69, 9.17) is 9.47 Å². The number of halogens is 6. The van der Waals surface area contributed by atoms with Gasteiger partial charge in [0.2, 0.25) is 0 Å². The molecule has 0 aliphatic heterocycles. The molecule has 0 aliphatic carbocycles. The van der Waals surface area contributed by atoms with Gasteiger partial charge >= 0.3 is 29.1 Å². The van der Waals surface area contributed by atoms with Crippen LogP contribution in [0.2, 0.25) is 0 Å². The molecule has 0 heterocycles. The summed E-state index contributed by atoms with van der Waals surface area (Å²) in [6, 6.07) is 29.5. The molecule has 164 valence electrons. The zero-order valence-electron chi connectivity index (χ0n) is 15.7. The van der Waals surface area contributed by atoms with Crippen LogP contribution in [0.3, 0.4) is 0 Å². The molecule has 0 spiro atoms. The van der Waals surface area contributed by atoms with Gasteiger partial charge in [-0.1, -0.05) is 36.4 Å². The van der Waals surface area contributed by atoms with Crippen molar-refractivity contribution in [2.24, 2.45) is 0 Å². The van der Waals surface area contributed by atoms with Gasteiger partial charge in [-0.2, -0.15) is 0 Å². The van der Waals surface area contributed by atoms with Crippen LogP contribution >= 0.6 is 8.16 Å². The Balaban J connectivity index is 0.000000567. The summed E-state index contributed by atoms with van der Waals surface area (Å²) in [6.07, 6.45) is 0. The number of hydrogen-bond donors (Lipinski definition) is 0. The van der Waals surface area contributed by atoms with Crippen LogP contribution in [-0.4, -0.2) is 13.9 Å². The van der Waals surface area contributed by atoms with Crippen molar-refractivity contribution < 1.29 is 35.2 Å². The normalized spacial score (nSPS) is 12.0. The van der Waals surface area contributed by atoms with Gasteiger partial charge in [-0.05, 0) is 48.5 Å². The maximum atomic E-state index is 9.84. The van der Waals surface area contributed by atoms with E-state index in [1.54, 1.807) is 7.11 Å². The second-order valence-electron chi connectivity index (χ2n) is 5.59. The molecular weight excluding hydrogens is 449 g/mol. The zero-order valence-corrected chi connectivity index (χ0v) is 17.4. The Morgan fingerprint density at radius 2 is 1.03 bits per heavy atom. The number of ether oxygens (including phenoxy) is 2. The molecule has 0 aliphatic rings. The fourth-order valence-electron chi connectivity index (χ4n) is 2.32. The van der Waals surface area contributed by atoms with Crippen molar-refractivity contribution in [3.8, 4) is 5.75 Å². The van der Waals surface area contributed by atoms with E-state index < -0.39 is 8.16 Å². The van der Waals surface area contributed by atoms with Gasteiger partial charge in [0.15, 0.2) is 21.5 Å². The summed E-state index contributed by atoms with van der Waals surface area (Å²) in [4.78, 5) is 3.89. The van der Waals surface area contributed by atoms with Crippen LogP contribution in [0.4, 0.5) is 21.0 Å². The topological polar surface area (TPSA) is 18.5 Å². The second kappa shape index (κ2) is 11.2. The van der Waals surface area contributed by atoms with Crippen LogP contribution in [0.5, 0.6) is 5.75 Å². The molecule has 0 saturated carbocycles. The van der Waals surface area contributed by atoms with Gasteiger partial charge in [-0.25, -0.2) is 0 Å². The van der Waals surface area contributed by atoms with Crippen LogP contribution < -0.4 is 9.44 Å². The van der Waals surface area contributed by atoms with E-state index >= 15 is 0 Å². The predicted octanol–water partition coefficient (Wildman–Crippen LogP) is 4.73. The SMILES string of the molecule is COCOc1ccc([S+](c2ccccc2)c2ccccc2)cc1.FP(F)(F)(F)F.[F-]. The number of methoxy groups -OCH3 is 1. The molecule has 10 heteroatoms. The maximum absolute atomic E-state index is 9.84. The van der Waals surface area contributed by atoms with Gasteiger partial charge < -0.3 is 14.2 Å². The molecule has 30 heavy (non-hydrogen) atoms. The van der Waals surface area contributed by atoms with Gasteiger partial charge in [0.1, 0.15) is 5.75 Å². The van der Waals surface area contributed by atoms with Crippen molar-refractivity contribution in [3.63, 3.8) is 0 Å². The van der Waals surface area contributed by atoms with Crippen LogP contribution in [0.15, 0.2) is 99.6 Å². The predicted molar refractivity (Wildman–Crippen MR) is 106 cm³/mol. The molecule has 0 amide bonds. The number of rotatable bonds is 6. The fraction of sp³-hybridized carbons (Fsp3) is 0.100. The molecule has 3 rings (SSSR count). The Morgan fingerprint density at radius 3 is 1.40 bits per heavy atom. The molecule has 2 nitrogen and oxygen atoms in total. The smallest absolute Gasteiger partial charge is 1.00 e. The van der Waals surface area contributed by atoms with Crippen molar-refractivity contribution in [1.29, 1.82) is 0 Å². The Morgan fingerprint density at radius 1 is 0.667 bits per heavy atom. The summed E-state index contributed by atoms with van der Waals surface area (Å²) in [7, 11) is -7.04. The summed E-state index contributed by atoms with van der Waals surface area (Å²) in [5.74, 6) is 0.820. The first-order chi connectivity index (χ1) is 13.6. The minimum Gasteiger partial charge on any atom is -1.00 e. The standard InChI is InChI=1S/C20H19O2S.F5P.FH/c1-21-16-22-17-12-14-20(15-13-17)23(18-8-4-2-5-9-18)19-10-6-3-7-11-19;1-6(2,3,4)5;/h2-15H,16H2,1H3;;1H/q+1;;/p-1. The van der Waals surface area contributed by atoms with Crippen molar-refractivity contribution in [2.45, 2.75) is 14.7 Å². The van der Waals surface area contributed by atoms with E-state index in [0.717, 1.165) is 5.75 Å². The van der Waals surface area contributed by atoms with E-state index in [0.29, 0.717) is 0 Å². The summed E-state index contributed by atoms with van der Waals surface area (Å²) < 4.78 is 59.6. The van der Waals surface area contributed by atoms with E-state index in [2.05, 4.69) is 72.8 Å². The summed E-state index contributed by atoms with van der Waals surface area (Å²) in [5, 5.41) is 0. The third-order valence-electron chi connectivity index (χ3n) is 3.36. The van der Waals surface area contributed by atoms with Gasteiger partial charge in [-0.3, -0.25) is 0 Å². The van der Waals surface area contributed by atoms with Crippen molar-refractivity contribution in [3.05, 3.63) is 84.9 Å². The Bertz CT molecular complexity index is 818. The minimum atomic E-state index is -8.55. The van der Waals surface area contributed by atoms with Gasteiger partial charge in [0.25, 0.3) is 0 Å². The van der Waals surface area contributed by atoms with E-state index in [-0.39, 0.29) is 22.4 Å². The molecule has 3 aromatic rings. The second-order valence-corrected chi connectivity index (χ2v) is 8.90. The first-order valence-corrected chi connectivity index (χ1v) is 11.2. The number of hydrogen-bond acceptors (Lipinski definition) is 2. The first-order valence-electron chi connectivity index (χ1n) is 8.29. The van der Waals surface area contributed by atoms with Crippen molar-refractivity contribution in [1.82, 2.24) is 0 Å². The van der Waals surface area contributed by atoms with Gasteiger partial charge in [-0.15, -0.1) is 0 Å². The van der Waals surface area contributed by atoms with Crippen molar-refractivity contribution in [2.75, 3.05) is 13.9 Å². The molecule has 0 bridgehead atoms. The Kier molecular flexibility index (Phi) is 9.68. The molecule has 0 saturated heterocycles. The van der Waals surface area contributed by atoms with Gasteiger partial charge in [0, 0.05) is 7.11 Å². The minimum absolute atomic E-state index is 0. The quantitative estimate of drug-likeness (QED) is 0.225. The Hall–Kier alpha value is -2.22. The summed E-state index contributed by atoms with van der Waals surface area (Å²) in [6.45, 7) is 0.266. The molecule has 0 unspecified atom stereocenters. The molecule has 0 atom stereocenters. The summed E-state index contributed by atoms with van der Waals surface area (Å²) in [5.41, 5.74) is 0. The van der Waals surface area contributed by atoms with Crippen molar-refractivity contribution >= 4 is 19.1 Å². The number of benzene rings is 3.